The van der Waals surface area contributed by atoms with Gasteiger partial charge in [0.2, 0.25) is 23.5 Å². The number of methoxy groups -OCH3 is 1. The average molecular weight is 768 g/mol. The molecule has 0 aliphatic carbocycles. The Kier molecular flexibility index (Phi) is 10.5. The third-order valence-corrected chi connectivity index (χ3v) is 11.3. The van der Waals surface area contributed by atoms with Gasteiger partial charge in [0.25, 0.3) is 0 Å². The highest BCUT2D eigenvalue weighted by molar-refractivity contribution is 6.27. The molecule has 4 aliphatic heterocycles. The number of benzene rings is 1. The first-order valence-corrected chi connectivity index (χ1v) is 19.2. The fourth-order valence-electron chi connectivity index (χ4n) is 8.46. The Labute approximate surface area is 323 Å². The van der Waals surface area contributed by atoms with Gasteiger partial charge in [0.1, 0.15) is 23.5 Å². The Morgan fingerprint density at radius 1 is 1.04 bits per heavy atom. The number of piperazine rings is 1. The molecule has 7 heterocycles. The second-order valence-electron chi connectivity index (χ2n) is 15.2. The zero-order valence-corrected chi connectivity index (χ0v) is 31.8. The van der Waals surface area contributed by atoms with Crippen molar-refractivity contribution in [1.82, 2.24) is 39.8 Å². The van der Waals surface area contributed by atoms with Gasteiger partial charge in [-0.3, -0.25) is 39.0 Å². The Balaban J connectivity index is 0.944. The SMILES string of the molecule is COC1CCN(c2nccc(Nc3cc4c(cn3)c(N3CCN(Cc5cc(F)c6c(c5)CN(C5CCC(=O)NC5=O)C6C(=O)C=O)CC3)nn4C(C)C)n2)CC1. The van der Waals surface area contributed by atoms with Crippen LogP contribution < -0.4 is 20.4 Å². The van der Waals surface area contributed by atoms with Crippen LogP contribution in [-0.2, 0) is 37.0 Å². The molecule has 4 aliphatic rings. The molecule has 3 fully saturated rings. The van der Waals surface area contributed by atoms with E-state index in [2.05, 4.69) is 44.2 Å². The van der Waals surface area contributed by atoms with Crippen LogP contribution in [-0.4, -0.2) is 117 Å². The van der Waals surface area contributed by atoms with Gasteiger partial charge in [-0.2, -0.15) is 10.1 Å². The maximum atomic E-state index is 15.8. The van der Waals surface area contributed by atoms with E-state index in [1.165, 1.54) is 6.07 Å². The van der Waals surface area contributed by atoms with Crippen LogP contribution in [0.3, 0.4) is 0 Å². The number of Topliss-reactive ketones (excluding diaryl/α,β-unsaturated/α-hetero) is 1. The first-order valence-electron chi connectivity index (χ1n) is 19.2. The molecule has 3 aromatic heterocycles. The standard InChI is InChI=1S/C39H46FN11O5/c1-23(2)51-30-18-33(43-32-6-9-41-39(44-32)49-10-7-26(56-3)8-11-49)42-19-27(30)37(46-51)48-14-12-47(13-15-48)20-24-16-25-21-50(29-4-5-34(54)45-38(29)55)36(31(53)22-52)35(25)28(40)17-24/h6,9,16-19,22-23,26,29,36H,4-5,7-8,10-15,20-21H2,1-3H3,(H,45,54,55)(H,41,42,43,44). The van der Waals surface area contributed by atoms with E-state index in [9.17, 15) is 19.2 Å². The number of aldehydes is 1. The van der Waals surface area contributed by atoms with Crippen LogP contribution in [0, 0.1) is 5.82 Å². The van der Waals surface area contributed by atoms with Gasteiger partial charge in [-0.15, -0.1) is 0 Å². The van der Waals surface area contributed by atoms with Crippen molar-refractivity contribution < 1.29 is 28.3 Å². The van der Waals surface area contributed by atoms with Crippen molar-refractivity contribution in [3.05, 3.63) is 59.2 Å². The summed E-state index contributed by atoms with van der Waals surface area (Å²) in [6.07, 6.45) is 6.23. The van der Waals surface area contributed by atoms with Gasteiger partial charge in [-0.05, 0) is 56.4 Å². The number of fused-ring (bicyclic) bond motifs is 2. The van der Waals surface area contributed by atoms with Crippen LogP contribution in [0.15, 0.2) is 36.7 Å². The first kappa shape index (κ1) is 37.5. The van der Waals surface area contributed by atoms with Crippen LogP contribution in [0.4, 0.5) is 27.8 Å². The van der Waals surface area contributed by atoms with E-state index >= 15 is 4.39 Å². The van der Waals surface area contributed by atoms with Crippen molar-refractivity contribution in [2.24, 2.45) is 0 Å². The average Bonchev–Trinajstić information content (AvgIpc) is 3.77. The van der Waals surface area contributed by atoms with E-state index < -0.39 is 35.5 Å². The highest BCUT2D eigenvalue weighted by atomic mass is 19.1. The van der Waals surface area contributed by atoms with Crippen LogP contribution in [0.25, 0.3) is 10.9 Å². The second kappa shape index (κ2) is 15.6. The number of piperidine rings is 2. The molecule has 0 saturated carbocycles. The smallest absolute Gasteiger partial charge is 0.243 e. The summed E-state index contributed by atoms with van der Waals surface area (Å²) in [6.45, 7) is 9.28. The van der Waals surface area contributed by atoms with Crippen molar-refractivity contribution in [2.75, 3.05) is 61.5 Å². The van der Waals surface area contributed by atoms with E-state index in [4.69, 9.17) is 19.8 Å². The quantitative estimate of drug-likeness (QED) is 0.130. The molecule has 3 saturated heterocycles. The third-order valence-electron chi connectivity index (χ3n) is 11.3. The number of nitrogens with zero attached hydrogens (tertiary/aromatic N) is 9. The van der Waals surface area contributed by atoms with Gasteiger partial charge in [-0.1, -0.05) is 6.07 Å². The van der Waals surface area contributed by atoms with Crippen molar-refractivity contribution in [2.45, 2.75) is 76.8 Å². The topological polar surface area (TPSA) is 171 Å². The lowest BCUT2D eigenvalue weighted by Crippen LogP contribution is -2.52. The van der Waals surface area contributed by atoms with Gasteiger partial charge in [-0.25, -0.2) is 14.4 Å². The van der Waals surface area contributed by atoms with Crippen LogP contribution in [0.2, 0.25) is 0 Å². The van der Waals surface area contributed by atoms with Crippen LogP contribution in [0.1, 0.15) is 68.3 Å². The number of carbonyl (C=O) groups excluding carboxylic acids is 4. The monoisotopic (exact) mass is 767 g/mol. The summed E-state index contributed by atoms with van der Waals surface area (Å²) < 4.78 is 23.3. The Morgan fingerprint density at radius 2 is 1.82 bits per heavy atom. The Bertz CT molecular complexity index is 2160. The fourth-order valence-corrected chi connectivity index (χ4v) is 8.46. The van der Waals surface area contributed by atoms with Gasteiger partial charge in [0.15, 0.2) is 12.1 Å². The third kappa shape index (κ3) is 7.33. The highest BCUT2D eigenvalue weighted by Gasteiger charge is 2.45. The fraction of sp³-hybridized carbons (Fsp3) is 0.487. The first-order chi connectivity index (χ1) is 27.1. The highest BCUT2D eigenvalue weighted by Crippen LogP contribution is 2.40. The zero-order valence-electron chi connectivity index (χ0n) is 31.8. The molecule has 294 valence electrons. The molecule has 2 unspecified atom stereocenters. The molecule has 1 aromatic carbocycles. The number of anilines is 4. The minimum absolute atomic E-state index is 0.102. The largest absolute Gasteiger partial charge is 0.381 e. The minimum Gasteiger partial charge on any atom is -0.381 e. The molecule has 4 aromatic rings. The van der Waals surface area contributed by atoms with E-state index in [0.29, 0.717) is 55.9 Å². The molecule has 2 atom stereocenters. The normalized spacial score (nSPS) is 21.2. The number of ketones is 1. The van der Waals surface area contributed by atoms with Gasteiger partial charge >= 0.3 is 0 Å². The summed E-state index contributed by atoms with van der Waals surface area (Å²) in [5, 5.41) is 11.7. The van der Waals surface area contributed by atoms with Crippen molar-refractivity contribution in [1.29, 1.82) is 0 Å². The number of hydrogen-bond donors (Lipinski definition) is 2. The van der Waals surface area contributed by atoms with Crippen molar-refractivity contribution in [3.63, 3.8) is 0 Å². The van der Waals surface area contributed by atoms with Crippen molar-refractivity contribution >= 4 is 58.2 Å². The lowest BCUT2D eigenvalue weighted by molar-refractivity contribution is -0.141. The lowest BCUT2D eigenvalue weighted by atomic mass is 9.97. The van der Waals surface area contributed by atoms with E-state index in [1.807, 2.05) is 29.1 Å². The number of carbonyl (C=O) groups is 4. The Hall–Kier alpha value is -5.39. The molecular weight excluding hydrogens is 721 g/mol. The second-order valence-corrected chi connectivity index (χ2v) is 15.2. The van der Waals surface area contributed by atoms with Gasteiger partial charge in [0.05, 0.1) is 23.0 Å². The molecule has 16 nitrogen and oxygen atoms in total. The molecule has 2 amide bonds. The number of amides is 2. The number of halogens is 1. The van der Waals surface area contributed by atoms with E-state index in [-0.39, 0.29) is 43.4 Å². The minimum atomic E-state index is -1.21. The van der Waals surface area contributed by atoms with E-state index in [0.717, 1.165) is 48.2 Å². The molecular formula is C39H46FN11O5. The molecule has 8 rings (SSSR count). The number of aromatic nitrogens is 5. The number of pyridine rings is 1. The molecule has 2 N–H and O–H groups in total. The maximum Gasteiger partial charge on any atom is 0.243 e. The van der Waals surface area contributed by atoms with Gasteiger partial charge in [0, 0.05) is 96.0 Å². The zero-order chi connectivity index (χ0) is 39.1. The van der Waals surface area contributed by atoms with Crippen LogP contribution >= 0.6 is 0 Å². The summed E-state index contributed by atoms with van der Waals surface area (Å²) in [7, 11) is 1.76. The number of rotatable bonds is 11. The maximum absolute atomic E-state index is 15.8. The lowest BCUT2D eigenvalue weighted by Gasteiger charge is -2.35. The van der Waals surface area contributed by atoms with Crippen LogP contribution in [0.5, 0.6) is 0 Å². The summed E-state index contributed by atoms with van der Waals surface area (Å²) in [4.78, 5) is 71.1. The predicted octanol–water partition coefficient (Wildman–Crippen LogP) is 3.05. The molecule has 0 spiro atoms. The number of ether oxygens (including phenoxy) is 1. The van der Waals surface area contributed by atoms with E-state index in [1.54, 1.807) is 18.2 Å². The van der Waals surface area contributed by atoms with Gasteiger partial charge < -0.3 is 19.9 Å². The molecule has 56 heavy (non-hydrogen) atoms. The summed E-state index contributed by atoms with van der Waals surface area (Å²) in [6, 6.07) is 5.20. The number of nitrogens with one attached hydrogen (secondary N) is 2. The Morgan fingerprint density at radius 3 is 2.54 bits per heavy atom. The summed E-state index contributed by atoms with van der Waals surface area (Å²) in [5.41, 5.74) is 2.39. The summed E-state index contributed by atoms with van der Waals surface area (Å²) in [5.74, 6) is 0.519. The molecule has 0 bridgehead atoms. The molecule has 0 radical (unpaired) electrons. The number of imide groups is 1. The predicted molar refractivity (Wildman–Crippen MR) is 205 cm³/mol. The van der Waals surface area contributed by atoms with Crippen molar-refractivity contribution in [3.8, 4) is 0 Å². The number of hydrogen-bond acceptors (Lipinski definition) is 14. The summed E-state index contributed by atoms with van der Waals surface area (Å²) >= 11 is 0. The molecule has 17 heteroatoms.